The number of phenolic OH excluding ortho intramolecular Hbond substituents is 1. The van der Waals surface area contributed by atoms with Crippen LogP contribution in [0.2, 0.25) is 0 Å². The first-order chi connectivity index (χ1) is 11.7. The summed E-state index contributed by atoms with van der Waals surface area (Å²) in [5.74, 6) is -0.351. The van der Waals surface area contributed by atoms with Crippen molar-refractivity contribution in [2.45, 2.75) is 6.42 Å². The average Bonchev–Trinajstić information content (AvgIpc) is 2.86. The maximum atomic E-state index is 12.4. The van der Waals surface area contributed by atoms with Crippen molar-refractivity contribution in [3.05, 3.63) is 77.4 Å². The number of hydrogen-bond acceptors (Lipinski definition) is 3. The molecule has 1 heterocycles. The van der Waals surface area contributed by atoms with Crippen LogP contribution < -0.4 is 0 Å². The SMILES string of the molecule is O=C1c2ccccc2C(=O)N1CCc1c(O)ccc2ccccc12. The molecule has 0 spiro atoms. The third-order valence-corrected chi connectivity index (χ3v) is 4.48. The molecule has 1 aliphatic rings. The molecule has 4 nitrogen and oxygen atoms in total. The van der Waals surface area contributed by atoms with Crippen LogP contribution in [0.5, 0.6) is 5.75 Å². The average molecular weight is 317 g/mol. The smallest absolute Gasteiger partial charge is 0.261 e. The predicted octanol–water partition coefficient (Wildman–Crippen LogP) is 3.38. The van der Waals surface area contributed by atoms with Gasteiger partial charge in [0, 0.05) is 12.1 Å². The van der Waals surface area contributed by atoms with Gasteiger partial charge in [0.25, 0.3) is 11.8 Å². The lowest BCUT2D eigenvalue weighted by Gasteiger charge is -2.15. The molecule has 4 rings (SSSR count). The van der Waals surface area contributed by atoms with Crippen LogP contribution in [0.25, 0.3) is 10.8 Å². The van der Waals surface area contributed by atoms with Crippen LogP contribution in [0.3, 0.4) is 0 Å². The van der Waals surface area contributed by atoms with Crippen molar-refractivity contribution >= 4 is 22.6 Å². The molecule has 0 fully saturated rings. The number of carbonyl (C=O) groups excluding carboxylic acids is 2. The molecule has 3 aromatic carbocycles. The van der Waals surface area contributed by atoms with E-state index >= 15 is 0 Å². The lowest BCUT2D eigenvalue weighted by atomic mass is 10.0. The number of amides is 2. The number of fused-ring (bicyclic) bond motifs is 2. The van der Waals surface area contributed by atoms with Crippen LogP contribution in [0.4, 0.5) is 0 Å². The Morgan fingerprint density at radius 3 is 2.12 bits per heavy atom. The molecule has 0 unspecified atom stereocenters. The second-order valence-electron chi connectivity index (χ2n) is 5.84. The van der Waals surface area contributed by atoms with Gasteiger partial charge in [0.05, 0.1) is 11.1 Å². The van der Waals surface area contributed by atoms with Crippen LogP contribution >= 0.6 is 0 Å². The Morgan fingerprint density at radius 2 is 1.42 bits per heavy atom. The highest BCUT2D eigenvalue weighted by atomic mass is 16.3. The van der Waals surface area contributed by atoms with E-state index in [1.807, 2.05) is 30.3 Å². The molecule has 1 aliphatic heterocycles. The highest BCUT2D eigenvalue weighted by Crippen LogP contribution is 2.29. The molecule has 3 aromatic rings. The van der Waals surface area contributed by atoms with Crippen LogP contribution in [0, 0.1) is 0 Å². The molecule has 0 atom stereocenters. The molecule has 0 bridgehead atoms. The Bertz CT molecular complexity index is 943. The monoisotopic (exact) mass is 317 g/mol. The quantitative estimate of drug-likeness (QED) is 0.753. The summed E-state index contributed by atoms with van der Waals surface area (Å²) in [6.07, 6.45) is 0.415. The van der Waals surface area contributed by atoms with Gasteiger partial charge in [0.15, 0.2) is 0 Å². The summed E-state index contributed by atoms with van der Waals surface area (Å²) in [5.41, 5.74) is 1.65. The Balaban J connectivity index is 1.64. The third-order valence-electron chi connectivity index (χ3n) is 4.48. The van der Waals surface area contributed by atoms with Crippen LogP contribution in [0.15, 0.2) is 60.7 Å². The minimum atomic E-state index is -0.268. The highest BCUT2D eigenvalue weighted by Gasteiger charge is 2.34. The molecule has 0 saturated heterocycles. The molecule has 4 heteroatoms. The van der Waals surface area contributed by atoms with E-state index in [1.165, 1.54) is 4.90 Å². The molecule has 2 amide bonds. The van der Waals surface area contributed by atoms with Gasteiger partial charge in [0.1, 0.15) is 5.75 Å². The van der Waals surface area contributed by atoms with Gasteiger partial charge in [-0.1, -0.05) is 42.5 Å². The number of aromatic hydroxyl groups is 1. The fourth-order valence-electron chi connectivity index (χ4n) is 3.25. The molecule has 1 N–H and O–H groups in total. The van der Waals surface area contributed by atoms with Crippen molar-refractivity contribution in [3.63, 3.8) is 0 Å². The van der Waals surface area contributed by atoms with Crippen molar-refractivity contribution in [1.82, 2.24) is 4.90 Å². The fraction of sp³-hybridized carbons (Fsp3) is 0.100. The number of phenols is 1. The number of benzene rings is 3. The van der Waals surface area contributed by atoms with E-state index in [0.29, 0.717) is 17.5 Å². The van der Waals surface area contributed by atoms with Crippen LogP contribution in [-0.2, 0) is 6.42 Å². The summed E-state index contributed by atoms with van der Waals surface area (Å²) in [6, 6.07) is 18.1. The number of nitrogens with zero attached hydrogens (tertiary/aromatic N) is 1. The first kappa shape index (κ1) is 14.5. The van der Waals surface area contributed by atoms with Crippen LogP contribution in [-0.4, -0.2) is 28.4 Å². The molecule has 0 radical (unpaired) electrons. The Kier molecular flexibility index (Phi) is 3.31. The van der Waals surface area contributed by atoms with E-state index < -0.39 is 0 Å². The molecule has 118 valence electrons. The number of imide groups is 1. The second-order valence-corrected chi connectivity index (χ2v) is 5.84. The van der Waals surface area contributed by atoms with E-state index in [0.717, 1.165) is 16.3 Å². The molecule has 24 heavy (non-hydrogen) atoms. The Morgan fingerprint density at radius 1 is 0.792 bits per heavy atom. The number of carbonyl (C=O) groups is 2. The highest BCUT2D eigenvalue weighted by molar-refractivity contribution is 6.21. The number of rotatable bonds is 3. The zero-order valence-corrected chi connectivity index (χ0v) is 12.9. The van der Waals surface area contributed by atoms with Gasteiger partial charge >= 0.3 is 0 Å². The van der Waals surface area contributed by atoms with Gasteiger partial charge in [-0.3, -0.25) is 14.5 Å². The summed E-state index contributed by atoms with van der Waals surface area (Å²) in [6.45, 7) is 0.244. The summed E-state index contributed by atoms with van der Waals surface area (Å²) in [7, 11) is 0. The van der Waals surface area contributed by atoms with Crippen molar-refractivity contribution in [1.29, 1.82) is 0 Å². The summed E-state index contributed by atoms with van der Waals surface area (Å²) < 4.78 is 0. The van der Waals surface area contributed by atoms with Gasteiger partial charge in [-0.25, -0.2) is 0 Å². The van der Waals surface area contributed by atoms with Gasteiger partial charge < -0.3 is 5.11 Å². The zero-order valence-electron chi connectivity index (χ0n) is 12.9. The summed E-state index contributed by atoms with van der Waals surface area (Å²) in [5, 5.41) is 12.2. The first-order valence-corrected chi connectivity index (χ1v) is 7.81. The molecule has 0 aliphatic carbocycles. The second kappa shape index (κ2) is 5.49. The van der Waals surface area contributed by atoms with Crippen molar-refractivity contribution in [2.75, 3.05) is 6.54 Å². The Hall–Kier alpha value is -3.14. The third kappa shape index (κ3) is 2.15. The lowest BCUT2D eigenvalue weighted by molar-refractivity contribution is 0.0656. The minimum absolute atomic E-state index is 0.185. The minimum Gasteiger partial charge on any atom is -0.508 e. The van der Waals surface area contributed by atoms with E-state index in [-0.39, 0.29) is 24.1 Å². The fourth-order valence-corrected chi connectivity index (χ4v) is 3.25. The van der Waals surface area contributed by atoms with Gasteiger partial charge in [-0.2, -0.15) is 0 Å². The standard InChI is InChI=1S/C20H15NO3/c22-18-10-9-13-5-1-2-6-14(13)15(18)11-12-21-19(23)16-7-3-4-8-17(16)20(21)24/h1-10,22H,11-12H2. The van der Waals surface area contributed by atoms with Gasteiger partial charge in [-0.05, 0) is 35.4 Å². The molecular weight excluding hydrogens is 302 g/mol. The zero-order chi connectivity index (χ0) is 16.7. The molecule has 0 aromatic heterocycles. The summed E-state index contributed by atoms with van der Waals surface area (Å²) >= 11 is 0. The van der Waals surface area contributed by atoms with Crippen molar-refractivity contribution in [3.8, 4) is 5.75 Å². The molecule has 0 saturated carbocycles. The van der Waals surface area contributed by atoms with E-state index in [2.05, 4.69) is 0 Å². The van der Waals surface area contributed by atoms with E-state index in [9.17, 15) is 14.7 Å². The van der Waals surface area contributed by atoms with Crippen molar-refractivity contribution in [2.24, 2.45) is 0 Å². The lowest BCUT2D eigenvalue weighted by Crippen LogP contribution is -2.31. The maximum Gasteiger partial charge on any atom is 0.261 e. The van der Waals surface area contributed by atoms with Gasteiger partial charge in [0.2, 0.25) is 0 Å². The topological polar surface area (TPSA) is 57.6 Å². The molecular formula is C20H15NO3. The van der Waals surface area contributed by atoms with Gasteiger partial charge in [-0.15, -0.1) is 0 Å². The van der Waals surface area contributed by atoms with Crippen LogP contribution in [0.1, 0.15) is 26.3 Å². The first-order valence-electron chi connectivity index (χ1n) is 7.81. The normalized spacial score (nSPS) is 13.6. The summed E-state index contributed by atoms with van der Waals surface area (Å²) in [4.78, 5) is 26.1. The maximum absolute atomic E-state index is 12.4. The van der Waals surface area contributed by atoms with E-state index in [1.54, 1.807) is 30.3 Å². The largest absolute Gasteiger partial charge is 0.508 e. The number of hydrogen-bond donors (Lipinski definition) is 1. The predicted molar refractivity (Wildman–Crippen MR) is 91.1 cm³/mol. The van der Waals surface area contributed by atoms with E-state index in [4.69, 9.17) is 0 Å². The Labute approximate surface area is 139 Å². The van der Waals surface area contributed by atoms with Crippen molar-refractivity contribution < 1.29 is 14.7 Å².